The zero-order chi connectivity index (χ0) is 22.1. The molecule has 2 aromatic carbocycles. The molecule has 6 heteroatoms. The summed E-state index contributed by atoms with van der Waals surface area (Å²) in [4.78, 5) is 4.73. The van der Waals surface area contributed by atoms with Gasteiger partial charge in [0.25, 0.3) is 0 Å². The standard InChI is InChI=1S/C25H26ClN3O2/c1-24(14-4-16-27-24)25(2,15-13-18-5-9-20(26)10-6-18)31-23-17-22(28-29(23)3)19-7-11-21(30)12-8-19/h4-12,14,16-17,30H,13,15H2,1-3H3. The minimum absolute atomic E-state index is 0.227. The van der Waals surface area contributed by atoms with Gasteiger partial charge in [-0.25, -0.2) is 4.68 Å². The molecule has 0 aliphatic carbocycles. The maximum absolute atomic E-state index is 9.56. The normalized spacial score (nSPS) is 19.5. The maximum atomic E-state index is 9.56. The summed E-state index contributed by atoms with van der Waals surface area (Å²) >= 11 is 6.04. The molecule has 5 nitrogen and oxygen atoms in total. The first-order valence-corrected chi connectivity index (χ1v) is 10.7. The Labute approximate surface area is 187 Å². The molecule has 0 radical (unpaired) electrons. The van der Waals surface area contributed by atoms with E-state index < -0.39 is 11.1 Å². The largest absolute Gasteiger partial charge is 0.508 e. The minimum Gasteiger partial charge on any atom is -0.508 e. The SMILES string of the molecule is Cn1nc(-c2ccc(O)cc2)cc1OC(C)(CCc1ccc(Cl)cc1)C1(C)C=CC=N1. The zero-order valence-corrected chi connectivity index (χ0v) is 18.7. The summed E-state index contributed by atoms with van der Waals surface area (Å²) in [6, 6.07) is 16.8. The number of ether oxygens (including phenoxy) is 1. The van der Waals surface area contributed by atoms with E-state index in [0.29, 0.717) is 5.88 Å². The van der Waals surface area contributed by atoms with E-state index in [1.807, 2.05) is 61.8 Å². The van der Waals surface area contributed by atoms with E-state index in [2.05, 4.69) is 25.0 Å². The van der Waals surface area contributed by atoms with Gasteiger partial charge >= 0.3 is 0 Å². The van der Waals surface area contributed by atoms with Crippen LogP contribution >= 0.6 is 11.6 Å². The first-order chi connectivity index (χ1) is 14.8. The van der Waals surface area contributed by atoms with Crippen LogP contribution in [0, 0.1) is 0 Å². The number of nitrogens with zero attached hydrogens (tertiary/aromatic N) is 3. The van der Waals surface area contributed by atoms with Gasteiger partial charge < -0.3 is 9.84 Å². The van der Waals surface area contributed by atoms with Crippen LogP contribution in [0.5, 0.6) is 11.6 Å². The van der Waals surface area contributed by atoms with E-state index in [1.165, 1.54) is 5.56 Å². The molecule has 0 fully saturated rings. The fourth-order valence-electron chi connectivity index (χ4n) is 3.78. The molecule has 160 valence electrons. The first-order valence-electron chi connectivity index (χ1n) is 10.3. The van der Waals surface area contributed by atoms with E-state index >= 15 is 0 Å². The number of allylic oxidation sites excluding steroid dienone is 1. The van der Waals surface area contributed by atoms with Crippen molar-refractivity contribution in [2.24, 2.45) is 12.0 Å². The molecule has 1 aromatic heterocycles. The summed E-state index contributed by atoms with van der Waals surface area (Å²) in [5.41, 5.74) is 1.80. The number of aromatic nitrogens is 2. The van der Waals surface area contributed by atoms with Crippen LogP contribution in [0.15, 0.2) is 71.7 Å². The van der Waals surface area contributed by atoms with Crippen molar-refractivity contribution in [2.45, 2.75) is 37.8 Å². The molecule has 0 saturated heterocycles. The lowest BCUT2D eigenvalue weighted by molar-refractivity contribution is 0.0212. The average molecular weight is 436 g/mol. The molecule has 31 heavy (non-hydrogen) atoms. The molecular formula is C25H26ClN3O2. The van der Waals surface area contributed by atoms with Crippen molar-refractivity contribution in [3.05, 3.63) is 77.3 Å². The van der Waals surface area contributed by atoms with Gasteiger partial charge in [0, 0.05) is 29.9 Å². The van der Waals surface area contributed by atoms with Gasteiger partial charge in [-0.1, -0.05) is 29.8 Å². The Balaban J connectivity index is 1.62. The van der Waals surface area contributed by atoms with Crippen molar-refractivity contribution in [1.82, 2.24) is 9.78 Å². The van der Waals surface area contributed by atoms with E-state index in [9.17, 15) is 5.11 Å². The summed E-state index contributed by atoms with van der Waals surface area (Å²) in [6.07, 6.45) is 7.47. The first kappa shape index (κ1) is 21.2. The average Bonchev–Trinajstić information content (AvgIpc) is 3.35. The van der Waals surface area contributed by atoms with Crippen LogP contribution in [0.4, 0.5) is 0 Å². The van der Waals surface area contributed by atoms with Crippen molar-refractivity contribution in [1.29, 1.82) is 0 Å². The quantitative estimate of drug-likeness (QED) is 0.524. The lowest BCUT2D eigenvalue weighted by atomic mass is 9.79. The fraction of sp³-hybridized carbons (Fsp3) is 0.280. The van der Waals surface area contributed by atoms with Crippen LogP contribution < -0.4 is 4.74 Å². The molecule has 1 aliphatic heterocycles. The van der Waals surface area contributed by atoms with Crippen LogP contribution in [0.1, 0.15) is 25.8 Å². The Hall–Kier alpha value is -3.05. The Morgan fingerprint density at radius 3 is 2.48 bits per heavy atom. The van der Waals surface area contributed by atoms with E-state index in [4.69, 9.17) is 21.3 Å². The highest BCUT2D eigenvalue weighted by atomic mass is 35.5. The van der Waals surface area contributed by atoms with Crippen molar-refractivity contribution in [2.75, 3.05) is 0 Å². The van der Waals surface area contributed by atoms with Gasteiger partial charge in [0.05, 0.1) is 5.69 Å². The van der Waals surface area contributed by atoms with Gasteiger partial charge in [-0.15, -0.1) is 0 Å². The predicted octanol–water partition coefficient (Wildman–Crippen LogP) is 5.62. The summed E-state index contributed by atoms with van der Waals surface area (Å²) < 4.78 is 8.40. The second-order valence-corrected chi connectivity index (χ2v) is 8.72. The molecule has 4 rings (SSSR count). The third-order valence-corrected chi connectivity index (χ3v) is 6.31. The zero-order valence-electron chi connectivity index (χ0n) is 17.9. The molecule has 2 heterocycles. The smallest absolute Gasteiger partial charge is 0.212 e. The highest BCUT2D eigenvalue weighted by Gasteiger charge is 2.46. The number of aromatic hydroxyl groups is 1. The second kappa shape index (κ2) is 8.23. The number of benzene rings is 2. The highest BCUT2D eigenvalue weighted by molar-refractivity contribution is 6.30. The van der Waals surface area contributed by atoms with Gasteiger partial charge in [0.1, 0.15) is 16.9 Å². The number of aliphatic imine (C=N–C) groups is 1. The predicted molar refractivity (Wildman–Crippen MR) is 125 cm³/mol. The summed E-state index contributed by atoms with van der Waals surface area (Å²) in [5.74, 6) is 0.892. The van der Waals surface area contributed by atoms with Crippen molar-refractivity contribution in [3.8, 4) is 22.9 Å². The van der Waals surface area contributed by atoms with Gasteiger partial charge in [-0.3, -0.25) is 4.99 Å². The van der Waals surface area contributed by atoms with E-state index in [0.717, 1.165) is 29.1 Å². The molecule has 2 atom stereocenters. The van der Waals surface area contributed by atoms with Gasteiger partial charge in [0.15, 0.2) is 0 Å². The Morgan fingerprint density at radius 1 is 1.13 bits per heavy atom. The van der Waals surface area contributed by atoms with E-state index in [1.54, 1.807) is 16.8 Å². The molecule has 0 amide bonds. The van der Waals surface area contributed by atoms with Gasteiger partial charge in [0.2, 0.25) is 5.88 Å². The van der Waals surface area contributed by atoms with Crippen LogP contribution in [0.3, 0.4) is 0 Å². The Bertz CT molecular complexity index is 1100. The van der Waals surface area contributed by atoms with Gasteiger partial charge in [-0.2, -0.15) is 5.10 Å². The maximum Gasteiger partial charge on any atom is 0.212 e. The Morgan fingerprint density at radius 2 is 1.84 bits per heavy atom. The van der Waals surface area contributed by atoms with Crippen LogP contribution in [-0.2, 0) is 13.5 Å². The Kier molecular flexibility index (Phi) is 5.63. The third-order valence-electron chi connectivity index (χ3n) is 6.05. The second-order valence-electron chi connectivity index (χ2n) is 8.28. The molecular weight excluding hydrogens is 410 g/mol. The topological polar surface area (TPSA) is 59.6 Å². The number of phenols is 1. The fourth-order valence-corrected chi connectivity index (χ4v) is 3.90. The number of hydrogen-bond donors (Lipinski definition) is 1. The molecule has 3 aromatic rings. The molecule has 1 aliphatic rings. The minimum atomic E-state index is -0.601. The molecule has 2 unspecified atom stereocenters. The summed E-state index contributed by atoms with van der Waals surface area (Å²) in [5, 5.41) is 14.9. The molecule has 0 saturated carbocycles. The number of hydrogen-bond acceptors (Lipinski definition) is 4. The lowest BCUT2D eigenvalue weighted by Crippen LogP contribution is -2.51. The highest BCUT2D eigenvalue weighted by Crippen LogP contribution is 2.39. The molecule has 1 N–H and O–H groups in total. The molecule has 0 bridgehead atoms. The van der Waals surface area contributed by atoms with Crippen molar-refractivity contribution in [3.63, 3.8) is 0 Å². The number of halogens is 1. The summed E-state index contributed by atoms with van der Waals surface area (Å²) in [6.45, 7) is 4.19. The number of rotatable bonds is 7. The van der Waals surface area contributed by atoms with Crippen LogP contribution in [0.25, 0.3) is 11.3 Å². The van der Waals surface area contributed by atoms with Crippen molar-refractivity contribution < 1.29 is 9.84 Å². The monoisotopic (exact) mass is 435 g/mol. The van der Waals surface area contributed by atoms with Crippen LogP contribution in [-0.4, -0.2) is 32.2 Å². The van der Waals surface area contributed by atoms with Crippen LogP contribution in [0.2, 0.25) is 5.02 Å². The van der Waals surface area contributed by atoms with Gasteiger partial charge in [-0.05, 0) is 74.7 Å². The number of phenolic OH excluding ortho intramolecular Hbond substituents is 1. The third kappa shape index (κ3) is 4.37. The molecule has 0 spiro atoms. The van der Waals surface area contributed by atoms with E-state index in [-0.39, 0.29) is 5.75 Å². The summed E-state index contributed by atoms with van der Waals surface area (Å²) in [7, 11) is 1.87. The number of aryl methyl sites for hydroxylation is 2. The lowest BCUT2D eigenvalue weighted by Gasteiger charge is -2.41. The van der Waals surface area contributed by atoms with Crippen molar-refractivity contribution >= 4 is 17.8 Å².